The van der Waals surface area contributed by atoms with Gasteiger partial charge in [0.1, 0.15) is 0 Å². The molecule has 160 valence electrons. The van der Waals surface area contributed by atoms with Gasteiger partial charge in [0.2, 0.25) is 0 Å². The van der Waals surface area contributed by atoms with Crippen LogP contribution < -0.4 is 5.73 Å². The number of hydrogen-bond donors (Lipinski definition) is 1. The summed E-state index contributed by atoms with van der Waals surface area (Å²) in [5, 5.41) is 0. The summed E-state index contributed by atoms with van der Waals surface area (Å²) >= 11 is 0. The van der Waals surface area contributed by atoms with Crippen LogP contribution in [0.5, 0.6) is 0 Å². The third-order valence-electron chi connectivity index (χ3n) is 6.77. The van der Waals surface area contributed by atoms with Crippen LogP contribution >= 0.6 is 0 Å². The third-order valence-corrected chi connectivity index (χ3v) is 6.77. The summed E-state index contributed by atoms with van der Waals surface area (Å²) in [4.78, 5) is 0. The van der Waals surface area contributed by atoms with Gasteiger partial charge in [0.15, 0.2) is 0 Å². The van der Waals surface area contributed by atoms with E-state index in [1.807, 2.05) is 19.1 Å². The van der Waals surface area contributed by atoms with Crippen molar-refractivity contribution < 1.29 is 9.47 Å². The highest BCUT2D eigenvalue weighted by Gasteiger charge is 2.45. The first-order valence-electron chi connectivity index (χ1n) is 10.7. The molecule has 0 radical (unpaired) electrons. The smallest absolute Gasteiger partial charge is 0.0911 e. The van der Waals surface area contributed by atoms with Gasteiger partial charge < -0.3 is 15.2 Å². The Balaban J connectivity index is 5.43. The first-order valence-corrected chi connectivity index (χ1v) is 10.7. The standard InChI is InChI=1S/C24H47NO2/c1-11-16-22(9,17-18-26-21(7,8)12-2)24(14-4,15-5)27-19-20(6)23(10,25)13-3/h13-14,20H,3-4,11-12,15-19,25H2,1-2,5-10H3. The van der Waals surface area contributed by atoms with E-state index >= 15 is 0 Å². The Kier molecular flexibility index (Phi) is 10.5. The molecule has 0 aliphatic heterocycles. The zero-order chi connectivity index (χ0) is 21.4. The lowest BCUT2D eigenvalue weighted by molar-refractivity contribution is -0.130. The summed E-state index contributed by atoms with van der Waals surface area (Å²) in [7, 11) is 0. The maximum absolute atomic E-state index is 6.60. The molecule has 2 N–H and O–H groups in total. The Morgan fingerprint density at radius 2 is 1.52 bits per heavy atom. The molecule has 0 bridgehead atoms. The lowest BCUT2D eigenvalue weighted by Crippen LogP contribution is -2.50. The molecule has 27 heavy (non-hydrogen) atoms. The van der Waals surface area contributed by atoms with Crippen LogP contribution in [0.15, 0.2) is 25.3 Å². The lowest BCUT2D eigenvalue weighted by Gasteiger charge is -2.48. The van der Waals surface area contributed by atoms with Crippen molar-refractivity contribution in [3.8, 4) is 0 Å². The second kappa shape index (κ2) is 10.8. The summed E-state index contributed by atoms with van der Waals surface area (Å²) < 4.78 is 12.8. The van der Waals surface area contributed by atoms with Gasteiger partial charge in [0, 0.05) is 23.5 Å². The quantitative estimate of drug-likeness (QED) is 0.340. The summed E-state index contributed by atoms with van der Waals surface area (Å²) in [6.07, 6.45) is 8.83. The molecule has 3 heteroatoms. The minimum absolute atomic E-state index is 0.0407. The van der Waals surface area contributed by atoms with Gasteiger partial charge in [-0.25, -0.2) is 0 Å². The fraction of sp³-hybridized carbons (Fsp3) is 0.833. The van der Waals surface area contributed by atoms with Crippen LogP contribution in [0.25, 0.3) is 0 Å². The molecule has 0 saturated heterocycles. The second-order valence-electron chi connectivity index (χ2n) is 9.25. The first kappa shape index (κ1) is 26.4. The van der Waals surface area contributed by atoms with Crippen molar-refractivity contribution in [2.45, 2.75) is 104 Å². The summed E-state index contributed by atoms with van der Waals surface area (Å²) in [6, 6.07) is 0. The maximum atomic E-state index is 6.60. The molecule has 0 aromatic carbocycles. The third kappa shape index (κ3) is 7.03. The van der Waals surface area contributed by atoms with E-state index < -0.39 is 11.1 Å². The molecule has 0 aromatic heterocycles. The van der Waals surface area contributed by atoms with E-state index in [4.69, 9.17) is 15.2 Å². The van der Waals surface area contributed by atoms with E-state index in [-0.39, 0.29) is 16.9 Å². The molecule has 0 aliphatic rings. The van der Waals surface area contributed by atoms with E-state index in [0.717, 1.165) is 38.7 Å². The average molecular weight is 382 g/mol. The second-order valence-corrected chi connectivity index (χ2v) is 9.25. The predicted molar refractivity (Wildman–Crippen MR) is 119 cm³/mol. The van der Waals surface area contributed by atoms with Gasteiger partial charge in [-0.15, -0.1) is 13.2 Å². The summed E-state index contributed by atoms with van der Waals surface area (Å²) in [5.74, 6) is 0.169. The van der Waals surface area contributed by atoms with Gasteiger partial charge in [-0.05, 0) is 46.5 Å². The molecular weight excluding hydrogens is 334 g/mol. The van der Waals surface area contributed by atoms with Gasteiger partial charge in [-0.1, -0.05) is 53.2 Å². The SMILES string of the molecule is C=CC(C)(N)C(C)COC(C=C)(CC)C(C)(CCC)CCOC(C)(C)CC. The van der Waals surface area contributed by atoms with E-state index in [9.17, 15) is 0 Å². The molecule has 0 aromatic rings. The minimum Gasteiger partial charge on any atom is -0.376 e. The highest BCUT2D eigenvalue weighted by Crippen LogP contribution is 2.45. The maximum Gasteiger partial charge on any atom is 0.0911 e. The molecule has 0 rings (SSSR count). The van der Waals surface area contributed by atoms with Crippen molar-refractivity contribution in [3.63, 3.8) is 0 Å². The summed E-state index contributed by atoms with van der Waals surface area (Å²) in [6.45, 7) is 26.7. The molecule has 4 unspecified atom stereocenters. The Morgan fingerprint density at radius 1 is 0.926 bits per heavy atom. The van der Waals surface area contributed by atoms with E-state index in [0.29, 0.717) is 6.61 Å². The Morgan fingerprint density at radius 3 is 1.93 bits per heavy atom. The minimum atomic E-state index is -0.448. The molecule has 0 fully saturated rings. The fourth-order valence-electron chi connectivity index (χ4n) is 3.56. The van der Waals surface area contributed by atoms with E-state index in [1.54, 1.807) is 0 Å². The van der Waals surface area contributed by atoms with Crippen molar-refractivity contribution in [1.82, 2.24) is 0 Å². The lowest BCUT2D eigenvalue weighted by atomic mass is 9.66. The highest BCUT2D eigenvalue weighted by molar-refractivity contribution is 5.09. The highest BCUT2D eigenvalue weighted by atomic mass is 16.5. The van der Waals surface area contributed by atoms with Crippen molar-refractivity contribution in [2.75, 3.05) is 13.2 Å². The van der Waals surface area contributed by atoms with Crippen LogP contribution in [0.2, 0.25) is 0 Å². The van der Waals surface area contributed by atoms with Gasteiger partial charge in [-0.2, -0.15) is 0 Å². The number of hydrogen-bond acceptors (Lipinski definition) is 3. The molecule has 4 atom stereocenters. The van der Waals surface area contributed by atoms with E-state index in [2.05, 4.69) is 61.6 Å². The fourth-order valence-corrected chi connectivity index (χ4v) is 3.56. The van der Waals surface area contributed by atoms with Crippen LogP contribution in [0.3, 0.4) is 0 Å². The molecule has 0 heterocycles. The van der Waals surface area contributed by atoms with Crippen molar-refractivity contribution in [2.24, 2.45) is 17.1 Å². The molecular formula is C24H47NO2. The number of ether oxygens (including phenoxy) is 2. The normalized spacial score (nSPS) is 20.2. The van der Waals surface area contributed by atoms with Crippen molar-refractivity contribution in [1.29, 1.82) is 0 Å². The molecule has 0 spiro atoms. The zero-order valence-corrected chi connectivity index (χ0v) is 19.5. The Bertz CT molecular complexity index is 457. The van der Waals surface area contributed by atoms with Crippen molar-refractivity contribution in [3.05, 3.63) is 25.3 Å². The zero-order valence-electron chi connectivity index (χ0n) is 19.5. The van der Waals surface area contributed by atoms with Crippen molar-refractivity contribution >= 4 is 0 Å². The van der Waals surface area contributed by atoms with Gasteiger partial charge >= 0.3 is 0 Å². The van der Waals surface area contributed by atoms with Gasteiger partial charge in [-0.3, -0.25) is 0 Å². The van der Waals surface area contributed by atoms with Crippen LogP contribution in [0, 0.1) is 11.3 Å². The topological polar surface area (TPSA) is 44.5 Å². The van der Waals surface area contributed by atoms with E-state index in [1.165, 1.54) is 0 Å². The van der Waals surface area contributed by atoms with Crippen LogP contribution in [-0.2, 0) is 9.47 Å². The Hall–Kier alpha value is -0.640. The predicted octanol–water partition coefficient (Wildman–Crippen LogP) is 6.28. The number of nitrogens with two attached hydrogens (primary N) is 1. The Labute approximate surface area is 169 Å². The average Bonchev–Trinajstić information content (AvgIpc) is 2.62. The van der Waals surface area contributed by atoms with Crippen LogP contribution in [0.4, 0.5) is 0 Å². The number of rotatable bonds is 15. The molecule has 0 amide bonds. The van der Waals surface area contributed by atoms with Crippen LogP contribution in [0.1, 0.15) is 87.5 Å². The van der Waals surface area contributed by atoms with Crippen LogP contribution in [-0.4, -0.2) is 30.0 Å². The van der Waals surface area contributed by atoms with Gasteiger partial charge in [0.25, 0.3) is 0 Å². The molecule has 0 saturated carbocycles. The van der Waals surface area contributed by atoms with Gasteiger partial charge in [0.05, 0.1) is 17.8 Å². The largest absolute Gasteiger partial charge is 0.376 e. The summed E-state index contributed by atoms with van der Waals surface area (Å²) in [5.41, 5.74) is 5.37. The monoisotopic (exact) mass is 381 g/mol. The molecule has 3 nitrogen and oxygen atoms in total. The molecule has 0 aliphatic carbocycles. The first-order chi connectivity index (χ1) is 12.4.